The number of hydrogen-bond acceptors (Lipinski definition) is 4. The molecule has 3 rings (SSSR count). The SMILES string of the molecule is CCCN1C(=O)S/C(=C/c2ccccc2OCc2ccccc2)C1=O. The average molecular weight is 353 g/mol. The van der Waals surface area contributed by atoms with Crippen LogP contribution < -0.4 is 4.74 Å². The van der Waals surface area contributed by atoms with Gasteiger partial charge in [-0.25, -0.2) is 0 Å². The topological polar surface area (TPSA) is 46.6 Å². The fourth-order valence-electron chi connectivity index (χ4n) is 2.52. The van der Waals surface area contributed by atoms with Crippen LogP contribution in [0.1, 0.15) is 24.5 Å². The van der Waals surface area contributed by atoms with Gasteiger partial charge < -0.3 is 4.74 Å². The second-order valence-electron chi connectivity index (χ2n) is 5.65. The van der Waals surface area contributed by atoms with Gasteiger partial charge in [-0.2, -0.15) is 0 Å². The zero-order chi connectivity index (χ0) is 17.6. The van der Waals surface area contributed by atoms with Gasteiger partial charge in [0, 0.05) is 12.1 Å². The Morgan fingerprint density at radius 2 is 1.76 bits per heavy atom. The lowest BCUT2D eigenvalue weighted by Gasteiger charge is -2.10. The highest BCUT2D eigenvalue weighted by Crippen LogP contribution is 2.34. The Morgan fingerprint density at radius 1 is 1.04 bits per heavy atom. The highest BCUT2D eigenvalue weighted by molar-refractivity contribution is 8.18. The Kier molecular flexibility index (Phi) is 5.56. The van der Waals surface area contributed by atoms with Crippen molar-refractivity contribution in [3.05, 3.63) is 70.6 Å². The molecule has 0 radical (unpaired) electrons. The first kappa shape index (κ1) is 17.3. The third-order valence-corrected chi connectivity index (χ3v) is 4.67. The van der Waals surface area contributed by atoms with E-state index in [1.54, 1.807) is 6.08 Å². The van der Waals surface area contributed by atoms with E-state index in [1.165, 1.54) is 4.90 Å². The summed E-state index contributed by atoms with van der Waals surface area (Å²) < 4.78 is 5.91. The molecule has 1 heterocycles. The molecule has 2 aromatic rings. The molecule has 2 aromatic carbocycles. The maximum atomic E-state index is 12.4. The Labute approximate surface area is 151 Å². The highest BCUT2D eigenvalue weighted by atomic mass is 32.2. The Hall–Kier alpha value is -2.53. The number of nitrogens with zero attached hydrogens (tertiary/aromatic N) is 1. The van der Waals surface area contributed by atoms with Gasteiger partial charge in [-0.1, -0.05) is 55.5 Å². The zero-order valence-electron chi connectivity index (χ0n) is 14.0. The van der Waals surface area contributed by atoms with Crippen LogP contribution in [0.15, 0.2) is 59.5 Å². The molecule has 128 valence electrons. The van der Waals surface area contributed by atoms with E-state index in [-0.39, 0.29) is 11.1 Å². The molecule has 0 N–H and O–H groups in total. The molecule has 0 atom stereocenters. The van der Waals surface area contributed by atoms with E-state index in [9.17, 15) is 9.59 Å². The van der Waals surface area contributed by atoms with Crippen molar-refractivity contribution in [2.45, 2.75) is 20.0 Å². The number of imide groups is 1. The normalized spacial score (nSPS) is 15.9. The molecular weight excluding hydrogens is 334 g/mol. The van der Waals surface area contributed by atoms with E-state index in [4.69, 9.17) is 4.74 Å². The molecule has 1 aliphatic rings. The fourth-order valence-corrected chi connectivity index (χ4v) is 3.38. The van der Waals surface area contributed by atoms with Crippen molar-refractivity contribution in [3.63, 3.8) is 0 Å². The van der Waals surface area contributed by atoms with Crippen molar-refractivity contribution in [3.8, 4) is 5.75 Å². The third kappa shape index (κ3) is 4.12. The highest BCUT2D eigenvalue weighted by Gasteiger charge is 2.34. The van der Waals surface area contributed by atoms with Crippen LogP contribution in [0.3, 0.4) is 0 Å². The molecular formula is C20H19NO3S. The predicted molar refractivity (Wildman–Crippen MR) is 100 cm³/mol. The number of ether oxygens (including phenoxy) is 1. The molecule has 0 unspecified atom stereocenters. The minimum absolute atomic E-state index is 0.208. The molecule has 0 saturated carbocycles. The van der Waals surface area contributed by atoms with Gasteiger partial charge in [0.1, 0.15) is 12.4 Å². The lowest BCUT2D eigenvalue weighted by atomic mass is 10.1. The van der Waals surface area contributed by atoms with Crippen molar-refractivity contribution in [2.75, 3.05) is 6.54 Å². The number of amides is 2. The van der Waals surface area contributed by atoms with Gasteiger partial charge in [0.15, 0.2) is 0 Å². The van der Waals surface area contributed by atoms with Crippen LogP contribution in [0.25, 0.3) is 6.08 Å². The number of benzene rings is 2. The molecule has 0 aliphatic carbocycles. The Balaban J connectivity index is 1.79. The van der Waals surface area contributed by atoms with E-state index in [2.05, 4.69) is 0 Å². The second kappa shape index (κ2) is 8.03. The van der Waals surface area contributed by atoms with Crippen molar-refractivity contribution in [2.24, 2.45) is 0 Å². The molecule has 0 aromatic heterocycles. The molecule has 5 heteroatoms. The minimum atomic E-state index is -0.227. The van der Waals surface area contributed by atoms with Crippen LogP contribution in [-0.4, -0.2) is 22.6 Å². The lowest BCUT2D eigenvalue weighted by molar-refractivity contribution is -0.122. The number of thioether (sulfide) groups is 1. The summed E-state index contributed by atoms with van der Waals surface area (Å²) in [4.78, 5) is 26.1. The number of rotatable bonds is 6. The van der Waals surface area contributed by atoms with Crippen LogP contribution in [-0.2, 0) is 11.4 Å². The quantitative estimate of drug-likeness (QED) is 0.706. The number of hydrogen-bond donors (Lipinski definition) is 0. The smallest absolute Gasteiger partial charge is 0.293 e. The molecule has 0 spiro atoms. The summed E-state index contributed by atoms with van der Waals surface area (Å²) in [6.45, 7) is 2.84. The molecule has 4 nitrogen and oxygen atoms in total. The first-order valence-corrected chi connectivity index (χ1v) is 9.02. The number of para-hydroxylation sites is 1. The second-order valence-corrected chi connectivity index (χ2v) is 6.64. The monoisotopic (exact) mass is 353 g/mol. The molecule has 25 heavy (non-hydrogen) atoms. The summed E-state index contributed by atoms with van der Waals surface area (Å²) in [6.07, 6.45) is 2.49. The van der Waals surface area contributed by atoms with Crippen molar-refractivity contribution in [1.82, 2.24) is 4.90 Å². The number of carbonyl (C=O) groups excluding carboxylic acids is 2. The number of carbonyl (C=O) groups is 2. The van der Waals surface area contributed by atoms with E-state index in [1.807, 2.05) is 61.5 Å². The van der Waals surface area contributed by atoms with Crippen molar-refractivity contribution < 1.29 is 14.3 Å². The third-order valence-electron chi connectivity index (χ3n) is 3.76. The molecule has 1 aliphatic heterocycles. The van der Waals surface area contributed by atoms with E-state index in [0.717, 1.165) is 29.3 Å². The van der Waals surface area contributed by atoms with Gasteiger partial charge in [0.05, 0.1) is 4.91 Å². The van der Waals surface area contributed by atoms with Gasteiger partial charge in [-0.3, -0.25) is 14.5 Å². The first-order valence-electron chi connectivity index (χ1n) is 8.20. The largest absolute Gasteiger partial charge is 0.488 e. The summed E-state index contributed by atoms with van der Waals surface area (Å²) in [5.41, 5.74) is 1.86. The Morgan fingerprint density at radius 3 is 2.52 bits per heavy atom. The molecule has 0 bridgehead atoms. The summed E-state index contributed by atoms with van der Waals surface area (Å²) in [7, 11) is 0. The standard InChI is InChI=1S/C20H19NO3S/c1-2-12-21-19(22)18(25-20(21)23)13-16-10-6-7-11-17(16)24-14-15-8-4-3-5-9-15/h3-11,13H,2,12,14H2,1H3/b18-13+. The lowest BCUT2D eigenvalue weighted by Crippen LogP contribution is -2.28. The molecule has 1 saturated heterocycles. The van der Waals surface area contributed by atoms with Crippen LogP contribution >= 0.6 is 11.8 Å². The molecule has 2 amide bonds. The summed E-state index contributed by atoms with van der Waals surface area (Å²) >= 11 is 0.983. The summed E-state index contributed by atoms with van der Waals surface area (Å²) in [6, 6.07) is 17.4. The predicted octanol–water partition coefficient (Wildman–Crippen LogP) is 4.71. The van der Waals surface area contributed by atoms with E-state index in [0.29, 0.717) is 23.8 Å². The average Bonchev–Trinajstić information content (AvgIpc) is 2.90. The van der Waals surface area contributed by atoms with Crippen molar-refractivity contribution in [1.29, 1.82) is 0 Å². The summed E-state index contributed by atoms with van der Waals surface area (Å²) in [5.74, 6) is 0.461. The fraction of sp³-hybridized carbons (Fsp3) is 0.200. The summed E-state index contributed by atoms with van der Waals surface area (Å²) in [5, 5.41) is -0.208. The van der Waals surface area contributed by atoms with Gasteiger partial charge in [-0.05, 0) is 35.9 Å². The Bertz CT molecular complexity index is 802. The van der Waals surface area contributed by atoms with Crippen LogP contribution in [0, 0.1) is 0 Å². The minimum Gasteiger partial charge on any atom is -0.488 e. The van der Waals surface area contributed by atoms with Gasteiger partial charge in [0.25, 0.3) is 11.1 Å². The molecule has 1 fully saturated rings. The van der Waals surface area contributed by atoms with Gasteiger partial charge >= 0.3 is 0 Å². The van der Waals surface area contributed by atoms with Gasteiger partial charge in [-0.15, -0.1) is 0 Å². The van der Waals surface area contributed by atoms with Crippen LogP contribution in [0.4, 0.5) is 4.79 Å². The van der Waals surface area contributed by atoms with Gasteiger partial charge in [0.2, 0.25) is 0 Å². The van der Waals surface area contributed by atoms with Crippen LogP contribution in [0.5, 0.6) is 5.75 Å². The van der Waals surface area contributed by atoms with Crippen LogP contribution in [0.2, 0.25) is 0 Å². The first-order chi connectivity index (χ1) is 12.2. The van der Waals surface area contributed by atoms with E-state index < -0.39 is 0 Å². The van der Waals surface area contributed by atoms with Crippen molar-refractivity contribution >= 4 is 29.0 Å². The zero-order valence-corrected chi connectivity index (χ0v) is 14.8. The maximum absolute atomic E-state index is 12.4. The van der Waals surface area contributed by atoms with E-state index >= 15 is 0 Å². The maximum Gasteiger partial charge on any atom is 0.293 e.